The molecule has 3 amide bonds. The summed E-state index contributed by atoms with van der Waals surface area (Å²) in [6, 6.07) is 7.75. The van der Waals surface area contributed by atoms with Crippen molar-refractivity contribution >= 4 is 53.2 Å². The van der Waals surface area contributed by atoms with E-state index in [-0.39, 0.29) is 24.3 Å². The van der Waals surface area contributed by atoms with E-state index in [1.54, 1.807) is 30.5 Å². The van der Waals surface area contributed by atoms with E-state index in [0.717, 1.165) is 10.9 Å². The molecule has 0 aliphatic carbocycles. The van der Waals surface area contributed by atoms with Crippen molar-refractivity contribution in [3.05, 3.63) is 65.9 Å². The number of carbonyl (C=O) groups is 5. The topological polar surface area (TPSA) is 224 Å². The van der Waals surface area contributed by atoms with Crippen LogP contribution in [-0.2, 0) is 36.8 Å². The Morgan fingerprint density at radius 1 is 0.829 bits per heavy atom. The first-order valence-electron chi connectivity index (χ1n) is 12.5. The molecule has 0 radical (unpaired) electrons. The fourth-order valence-electron chi connectivity index (χ4n) is 4.10. The van der Waals surface area contributed by atoms with E-state index in [1.165, 1.54) is 12.1 Å². The van der Waals surface area contributed by atoms with E-state index in [9.17, 15) is 39.3 Å². The van der Waals surface area contributed by atoms with Crippen LogP contribution in [0.5, 0.6) is 5.75 Å². The number of hydrogen-bond acceptors (Lipinski definition) is 8. The summed E-state index contributed by atoms with van der Waals surface area (Å²) in [5.41, 5.74) is 8.00. The van der Waals surface area contributed by atoms with Crippen LogP contribution in [0.15, 0.2) is 54.7 Å². The van der Waals surface area contributed by atoms with E-state index in [4.69, 9.17) is 5.73 Å². The van der Waals surface area contributed by atoms with E-state index in [0.29, 0.717) is 11.1 Å². The third-order valence-corrected chi connectivity index (χ3v) is 6.63. The molecule has 2 aromatic carbocycles. The van der Waals surface area contributed by atoms with Gasteiger partial charge < -0.3 is 42.0 Å². The maximum absolute atomic E-state index is 13.3. The van der Waals surface area contributed by atoms with Gasteiger partial charge in [0, 0.05) is 29.3 Å². The smallest absolute Gasteiger partial charge is 0.327 e. The standard InChI is InChI=1S/C27H31N5O8S/c28-18(9-14-5-7-16(33)8-6-14)24(36)30-21(11-23(34)35)26(38)31-20(25(37)32-22(13-41)27(39)40)10-15-12-29-19-4-2-1-3-17(15)19/h1-8,12,18,20-22,29,33,41H,9-11,13,28H2,(H,30,36)(H,31,38)(H,32,37)(H,34,35)(H,39,40). The van der Waals surface area contributed by atoms with Crippen LogP contribution in [0.25, 0.3) is 10.9 Å². The third kappa shape index (κ3) is 8.71. The number of carboxylic acids is 2. The van der Waals surface area contributed by atoms with Crippen LogP contribution >= 0.6 is 12.6 Å². The van der Waals surface area contributed by atoms with Crippen molar-refractivity contribution in [2.24, 2.45) is 5.73 Å². The highest BCUT2D eigenvalue weighted by molar-refractivity contribution is 7.80. The van der Waals surface area contributed by atoms with Crippen molar-refractivity contribution in [1.82, 2.24) is 20.9 Å². The number of amides is 3. The lowest BCUT2D eigenvalue weighted by Gasteiger charge is -2.24. The summed E-state index contributed by atoms with van der Waals surface area (Å²) >= 11 is 3.95. The van der Waals surface area contributed by atoms with Crippen molar-refractivity contribution in [3.63, 3.8) is 0 Å². The number of carbonyl (C=O) groups excluding carboxylic acids is 3. The van der Waals surface area contributed by atoms with Crippen molar-refractivity contribution in [2.45, 2.75) is 43.4 Å². The molecule has 0 bridgehead atoms. The first-order chi connectivity index (χ1) is 19.5. The van der Waals surface area contributed by atoms with Crippen LogP contribution in [0.4, 0.5) is 0 Å². The molecular weight excluding hydrogens is 554 g/mol. The number of benzene rings is 2. The number of carboxylic acid groups (broad SMARTS) is 2. The summed E-state index contributed by atoms with van der Waals surface area (Å²) < 4.78 is 0. The van der Waals surface area contributed by atoms with Gasteiger partial charge in [0.2, 0.25) is 17.7 Å². The van der Waals surface area contributed by atoms with Gasteiger partial charge in [-0.25, -0.2) is 4.79 Å². The van der Waals surface area contributed by atoms with Crippen LogP contribution in [-0.4, -0.2) is 79.9 Å². The monoisotopic (exact) mass is 585 g/mol. The molecule has 41 heavy (non-hydrogen) atoms. The number of nitrogens with two attached hydrogens (primary N) is 1. The van der Waals surface area contributed by atoms with E-state index in [2.05, 4.69) is 33.6 Å². The van der Waals surface area contributed by atoms with Crippen LogP contribution in [0.1, 0.15) is 17.5 Å². The Balaban J connectivity index is 1.80. The number of thiol groups is 1. The molecule has 9 N–H and O–H groups in total. The van der Waals surface area contributed by atoms with Gasteiger partial charge in [0.05, 0.1) is 12.5 Å². The number of phenolic OH excluding ortho intramolecular Hbond substituents is 1. The Morgan fingerprint density at radius 2 is 1.44 bits per heavy atom. The SMILES string of the molecule is NC(Cc1ccc(O)cc1)C(=O)NC(CC(=O)O)C(=O)NC(Cc1c[nH]c2ccccc12)C(=O)NC(CS)C(=O)O. The van der Waals surface area contributed by atoms with Gasteiger partial charge >= 0.3 is 11.9 Å². The Kier molecular flexibility index (Phi) is 10.7. The van der Waals surface area contributed by atoms with Gasteiger partial charge in [0.15, 0.2) is 0 Å². The molecule has 4 unspecified atom stereocenters. The van der Waals surface area contributed by atoms with Crippen molar-refractivity contribution in [1.29, 1.82) is 0 Å². The number of aromatic amines is 1. The Bertz CT molecular complexity index is 1410. The number of aromatic hydroxyl groups is 1. The molecule has 0 saturated carbocycles. The van der Waals surface area contributed by atoms with Gasteiger partial charge in [0.25, 0.3) is 0 Å². The zero-order valence-electron chi connectivity index (χ0n) is 21.7. The molecule has 0 aliphatic heterocycles. The number of rotatable bonds is 14. The Morgan fingerprint density at radius 3 is 2.07 bits per heavy atom. The van der Waals surface area contributed by atoms with Crippen LogP contribution < -0.4 is 21.7 Å². The maximum Gasteiger partial charge on any atom is 0.327 e. The molecule has 3 rings (SSSR count). The minimum absolute atomic E-state index is 0.0280. The number of nitrogens with one attached hydrogen (secondary N) is 4. The van der Waals surface area contributed by atoms with Crippen molar-refractivity contribution < 1.29 is 39.3 Å². The van der Waals surface area contributed by atoms with Gasteiger partial charge in [-0.15, -0.1) is 0 Å². The lowest BCUT2D eigenvalue weighted by molar-refractivity contribution is -0.142. The number of hydrogen-bond donors (Lipinski definition) is 9. The summed E-state index contributed by atoms with van der Waals surface area (Å²) in [7, 11) is 0. The Labute approximate surface area is 239 Å². The molecule has 0 aliphatic rings. The molecule has 0 fully saturated rings. The van der Waals surface area contributed by atoms with Crippen LogP contribution in [0.2, 0.25) is 0 Å². The number of phenols is 1. The van der Waals surface area contributed by atoms with Crippen molar-refractivity contribution in [2.75, 3.05) is 5.75 Å². The molecule has 0 saturated heterocycles. The van der Waals surface area contributed by atoms with Gasteiger partial charge in [-0.3, -0.25) is 19.2 Å². The zero-order valence-corrected chi connectivity index (χ0v) is 22.6. The van der Waals surface area contributed by atoms with Crippen molar-refractivity contribution in [3.8, 4) is 5.75 Å². The fraction of sp³-hybridized carbons (Fsp3) is 0.296. The largest absolute Gasteiger partial charge is 0.508 e. The highest BCUT2D eigenvalue weighted by Crippen LogP contribution is 2.19. The molecule has 14 heteroatoms. The summed E-state index contributed by atoms with van der Waals surface area (Å²) in [6.45, 7) is 0. The number of aromatic nitrogens is 1. The normalized spacial score (nSPS) is 13.9. The first kappa shape index (κ1) is 31.0. The summed E-state index contributed by atoms with van der Waals surface area (Å²) in [5, 5.41) is 36.0. The molecule has 3 aromatic rings. The van der Waals surface area contributed by atoms with Gasteiger partial charge in [-0.2, -0.15) is 12.6 Å². The van der Waals surface area contributed by atoms with E-state index < -0.39 is 60.2 Å². The van der Waals surface area contributed by atoms with Gasteiger partial charge in [-0.1, -0.05) is 30.3 Å². The molecule has 13 nitrogen and oxygen atoms in total. The summed E-state index contributed by atoms with van der Waals surface area (Å²) in [4.78, 5) is 65.2. The third-order valence-electron chi connectivity index (χ3n) is 6.27. The highest BCUT2D eigenvalue weighted by atomic mass is 32.1. The van der Waals surface area contributed by atoms with Crippen LogP contribution in [0, 0.1) is 0 Å². The number of aliphatic carboxylic acids is 2. The average Bonchev–Trinajstić information content (AvgIpc) is 3.34. The molecular formula is C27H31N5O8S. The van der Waals surface area contributed by atoms with E-state index >= 15 is 0 Å². The molecule has 1 aromatic heterocycles. The Hall–Kier alpha value is -4.56. The minimum Gasteiger partial charge on any atom is -0.508 e. The molecule has 1 heterocycles. The highest BCUT2D eigenvalue weighted by Gasteiger charge is 2.32. The fourth-order valence-corrected chi connectivity index (χ4v) is 4.35. The minimum atomic E-state index is -1.59. The quantitative estimate of drug-likeness (QED) is 0.115. The molecule has 218 valence electrons. The zero-order chi connectivity index (χ0) is 30.1. The average molecular weight is 586 g/mol. The predicted molar refractivity (Wildman–Crippen MR) is 151 cm³/mol. The number of H-pyrrole nitrogens is 1. The molecule has 4 atom stereocenters. The second kappa shape index (κ2) is 14.2. The number of para-hydroxylation sites is 1. The maximum atomic E-state index is 13.3. The first-order valence-corrected chi connectivity index (χ1v) is 13.2. The second-order valence-corrected chi connectivity index (χ2v) is 9.71. The summed E-state index contributed by atoms with van der Waals surface area (Å²) in [6.07, 6.45) is 0.802. The predicted octanol–water partition coefficient (Wildman–Crippen LogP) is -0.0705. The van der Waals surface area contributed by atoms with Crippen LogP contribution in [0.3, 0.4) is 0 Å². The number of fused-ring (bicyclic) bond motifs is 1. The second-order valence-electron chi connectivity index (χ2n) is 9.34. The van der Waals surface area contributed by atoms with Gasteiger partial charge in [-0.05, 0) is 35.7 Å². The lowest BCUT2D eigenvalue weighted by atomic mass is 10.0. The molecule has 0 spiro atoms. The lowest BCUT2D eigenvalue weighted by Crippen LogP contribution is -2.58. The van der Waals surface area contributed by atoms with E-state index in [1.807, 2.05) is 12.1 Å². The summed E-state index contributed by atoms with van der Waals surface area (Å²) in [5.74, 6) is -5.53. The van der Waals surface area contributed by atoms with Gasteiger partial charge in [0.1, 0.15) is 23.9 Å².